The van der Waals surface area contributed by atoms with Crippen LogP contribution in [0.3, 0.4) is 0 Å². The van der Waals surface area contributed by atoms with Gasteiger partial charge in [0.05, 0.1) is 12.7 Å². The molecule has 1 aromatic heterocycles. The van der Waals surface area contributed by atoms with E-state index in [0.29, 0.717) is 16.6 Å². The summed E-state index contributed by atoms with van der Waals surface area (Å²) in [5.41, 5.74) is 0.534. The Morgan fingerprint density at radius 1 is 1.45 bits per heavy atom. The van der Waals surface area contributed by atoms with Gasteiger partial charge in [-0.15, -0.1) is 11.3 Å². The van der Waals surface area contributed by atoms with E-state index in [-0.39, 0.29) is 5.97 Å². The van der Waals surface area contributed by atoms with E-state index in [1.807, 2.05) is 13.0 Å². The molecule has 4 nitrogen and oxygen atoms in total. The maximum absolute atomic E-state index is 11.7. The van der Waals surface area contributed by atoms with Gasteiger partial charge in [0.1, 0.15) is 5.00 Å². The Kier molecular flexibility index (Phi) is 8.42. The summed E-state index contributed by atoms with van der Waals surface area (Å²) in [4.78, 5) is 12.8. The Labute approximate surface area is 142 Å². The fourth-order valence-corrected chi connectivity index (χ4v) is 3.35. The van der Waals surface area contributed by atoms with E-state index < -0.39 is 0 Å². The summed E-state index contributed by atoms with van der Waals surface area (Å²) in [7, 11) is 1.38. The zero-order valence-corrected chi connectivity index (χ0v) is 15.5. The van der Waals surface area contributed by atoms with E-state index in [9.17, 15) is 4.79 Å². The minimum absolute atomic E-state index is 0.343. The molecule has 124 valence electrons. The third-order valence-electron chi connectivity index (χ3n) is 3.58. The van der Waals surface area contributed by atoms with E-state index in [1.54, 1.807) is 0 Å². The van der Waals surface area contributed by atoms with E-state index in [2.05, 4.69) is 24.5 Å². The van der Waals surface area contributed by atoms with Gasteiger partial charge in [-0.3, -0.25) is 0 Å². The number of thiophene rings is 1. The molecule has 0 saturated heterocycles. The number of hydrogen-bond acceptors (Lipinski definition) is 4. The molecule has 0 amide bonds. The lowest BCUT2D eigenvalue weighted by Crippen LogP contribution is -2.32. The highest BCUT2D eigenvalue weighted by atomic mass is 32.1. The summed E-state index contributed by atoms with van der Waals surface area (Å²) in [6, 6.07) is 1.82. The summed E-state index contributed by atoms with van der Waals surface area (Å²) in [5.74, 6) is 0.286. The van der Waals surface area contributed by atoms with Gasteiger partial charge in [-0.05, 0) is 37.5 Å². The quantitative estimate of drug-likeness (QED) is 0.543. The minimum Gasteiger partial charge on any atom is -0.465 e. The van der Waals surface area contributed by atoms with Gasteiger partial charge in [0.15, 0.2) is 5.11 Å². The first-order valence-electron chi connectivity index (χ1n) is 7.75. The smallest absolute Gasteiger partial charge is 0.340 e. The van der Waals surface area contributed by atoms with Crippen LogP contribution in [0.4, 0.5) is 5.00 Å². The van der Waals surface area contributed by atoms with E-state index in [1.165, 1.54) is 37.7 Å². The first kappa shape index (κ1) is 18.9. The minimum atomic E-state index is -0.343. The molecule has 1 rings (SSSR count). The van der Waals surface area contributed by atoms with E-state index >= 15 is 0 Å². The van der Waals surface area contributed by atoms with Crippen molar-refractivity contribution in [2.24, 2.45) is 5.92 Å². The number of ether oxygens (including phenoxy) is 1. The Morgan fingerprint density at radius 2 is 2.18 bits per heavy atom. The molecule has 0 bridgehead atoms. The molecule has 0 aliphatic heterocycles. The molecule has 0 aliphatic carbocycles. The molecule has 1 atom stereocenters. The van der Waals surface area contributed by atoms with Crippen LogP contribution in [0.5, 0.6) is 0 Å². The first-order valence-corrected chi connectivity index (χ1v) is 8.97. The van der Waals surface area contributed by atoms with Crippen molar-refractivity contribution in [3.8, 4) is 0 Å². The normalized spacial score (nSPS) is 11.8. The maximum Gasteiger partial charge on any atom is 0.340 e. The zero-order chi connectivity index (χ0) is 16.5. The monoisotopic (exact) mass is 342 g/mol. The SMILES string of the molecule is CCCCC(CC)CNC(=S)Nc1sc(C)cc1C(=O)OC. The number of hydrogen-bond donors (Lipinski definition) is 2. The molecule has 2 N–H and O–H groups in total. The van der Waals surface area contributed by atoms with Crippen molar-refractivity contribution in [3.63, 3.8) is 0 Å². The van der Waals surface area contributed by atoms with Crippen LogP contribution in [0.1, 0.15) is 54.8 Å². The lowest BCUT2D eigenvalue weighted by atomic mass is 9.99. The van der Waals surface area contributed by atoms with Crippen LogP contribution in [-0.4, -0.2) is 24.7 Å². The van der Waals surface area contributed by atoms with Gasteiger partial charge in [-0.1, -0.05) is 33.1 Å². The molecule has 0 radical (unpaired) electrons. The van der Waals surface area contributed by atoms with Crippen molar-refractivity contribution < 1.29 is 9.53 Å². The molecular weight excluding hydrogens is 316 g/mol. The van der Waals surface area contributed by atoms with Crippen LogP contribution >= 0.6 is 23.6 Å². The van der Waals surface area contributed by atoms with Crippen molar-refractivity contribution in [2.45, 2.75) is 46.5 Å². The molecule has 1 heterocycles. The van der Waals surface area contributed by atoms with Crippen molar-refractivity contribution in [3.05, 3.63) is 16.5 Å². The number of rotatable bonds is 8. The predicted molar refractivity (Wildman–Crippen MR) is 97.9 cm³/mol. The predicted octanol–water partition coefficient (Wildman–Crippen LogP) is 4.35. The molecule has 1 aromatic rings. The Morgan fingerprint density at radius 3 is 2.77 bits per heavy atom. The number of anilines is 1. The van der Waals surface area contributed by atoms with Crippen LogP contribution in [-0.2, 0) is 4.74 Å². The van der Waals surface area contributed by atoms with Crippen LogP contribution in [0.2, 0.25) is 0 Å². The van der Waals surface area contributed by atoms with Gasteiger partial charge >= 0.3 is 5.97 Å². The summed E-state index contributed by atoms with van der Waals surface area (Å²) in [6.45, 7) is 7.23. The van der Waals surface area contributed by atoms with Crippen molar-refractivity contribution in [1.29, 1.82) is 0 Å². The fraction of sp³-hybridized carbons (Fsp3) is 0.625. The zero-order valence-electron chi connectivity index (χ0n) is 13.8. The fourth-order valence-electron chi connectivity index (χ4n) is 2.20. The number of aryl methyl sites for hydroxylation is 1. The standard InChI is InChI=1S/C16H26N2O2S2/c1-5-7-8-12(6-2)10-17-16(21)18-14-13(15(19)20-4)9-11(3)22-14/h9,12H,5-8,10H2,1-4H3,(H2,17,18,21). The highest BCUT2D eigenvalue weighted by Gasteiger charge is 2.16. The highest BCUT2D eigenvalue weighted by molar-refractivity contribution is 7.80. The van der Waals surface area contributed by atoms with Gasteiger partial charge in [-0.25, -0.2) is 4.79 Å². The number of methoxy groups -OCH3 is 1. The number of carbonyl (C=O) groups is 1. The highest BCUT2D eigenvalue weighted by Crippen LogP contribution is 2.28. The third-order valence-corrected chi connectivity index (χ3v) is 4.79. The molecule has 22 heavy (non-hydrogen) atoms. The maximum atomic E-state index is 11.7. The lowest BCUT2D eigenvalue weighted by Gasteiger charge is -2.17. The molecule has 0 spiro atoms. The Bertz CT molecular complexity index is 500. The van der Waals surface area contributed by atoms with Gasteiger partial charge < -0.3 is 15.4 Å². The van der Waals surface area contributed by atoms with Crippen LogP contribution in [0.15, 0.2) is 6.07 Å². The second-order valence-corrected chi connectivity index (χ2v) is 7.01. The summed E-state index contributed by atoms with van der Waals surface area (Å²) in [6.07, 6.45) is 4.82. The second kappa shape index (κ2) is 9.79. The van der Waals surface area contributed by atoms with Gasteiger partial charge in [0.25, 0.3) is 0 Å². The van der Waals surface area contributed by atoms with Crippen LogP contribution in [0, 0.1) is 12.8 Å². The number of unbranched alkanes of at least 4 members (excludes halogenated alkanes) is 1. The topological polar surface area (TPSA) is 50.4 Å². The van der Waals surface area contributed by atoms with Gasteiger partial charge in [0.2, 0.25) is 0 Å². The number of nitrogens with one attached hydrogen (secondary N) is 2. The average molecular weight is 343 g/mol. The second-order valence-electron chi connectivity index (χ2n) is 5.34. The Balaban J connectivity index is 2.56. The Hall–Kier alpha value is -1.14. The molecule has 0 saturated carbocycles. The van der Waals surface area contributed by atoms with Crippen molar-refractivity contribution >= 4 is 39.6 Å². The molecule has 0 aromatic carbocycles. The number of carbonyl (C=O) groups excluding carboxylic acids is 1. The van der Waals surface area contributed by atoms with Gasteiger partial charge in [-0.2, -0.15) is 0 Å². The van der Waals surface area contributed by atoms with Crippen LogP contribution < -0.4 is 10.6 Å². The molecule has 0 aliphatic rings. The average Bonchev–Trinajstić information content (AvgIpc) is 2.87. The molecule has 6 heteroatoms. The molecule has 0 fully saturated rings. The summed E-state index contributed by atoms with van der Waals surface area (Å²) < 4.78 is 4.80. The first-order chi connectivity index (χ1) is 10.5. The summed E-state index contributed by atoms with van der Waals surface area (Å²) in [5, 5.41) is 7.68. The van der Waals surface area contributed by atoms with E-state index in [4.69, 9.17) is 17.0 Å². The molecule has 1 unspecified atom stereocenters. The largest absolute Gasteiger partial charge is 0.465 e. The van der Waals surface area contributed by atoms with E-state index in [0.717, 1.165) is 22.8 Å². The third kappa shape index (κ3) is 5.93. The van der Waals surface area contributed by atoms with Crippen molar-refractivity contribution in [1.82, 2.24) is 5.32 Å². The van der Waals surface area contributed by atoms with Crippen LogP contribution in [0.25, 0.3) is 0 Å². The number of thiocarbonyl (C=S) groups is 1. The van der Waals surface area contributed by atoms with Crippen molar-refractivity contribution in [2.75, 3.05) is 19.0 Å². The molecular formula is C16H26N2O2S2. The van der Waals surface area contributed by atoms with Gasteiger partial charge in [0, 0.05) is 11.4 Å². The number of esters is 1. The summed E-state index contributed by atoms with van der Waals surface area (Å²) >= 11 is 6.84. The lowest BCUT2D eigenvalue weighted by molar-refractivity contribution is 0.0602.